The molecule has 28 heavy (non-hydrogen) atoms. The number of nitro benzene ring substituents is 1. The van der Waals surface area contributed by atoms with Gasteiger partial charge >= 0.3 is 5.97 Å². The lowest BCUT2D eigenvalue weighted by atomic mass is 10.1. The van der Waals surface area contributed by atoms with Gasteiger partial charge in [0.2, 0.25) is 0 Å². The fourth-order valence-electron chi connectivity index (χ4n) is 3.11. The Morgan fingerprint density at radius 3 is 2.64 bits per heavy atom. The monoisotopic (exact) mass is 380 g/mol. The summed E-state index contributed by atoms with van der Waals surface area (Å²) in [7, 11) is 0. The van der Waals surface area contributed by atoms with Crippen LogP contribution >= 0.6 is 0 Å². The van der Waals surface area contributed by atoms with E-state index in [1.807, 2.05) is 24.6 Å². The minimum Gasteiger partial charge on any atom is -0.457 e. The lowest BCUT2D eigenvalue weighted by Gasteiger charge is -2.10. The van der Waals surface area contributed by atoms with E-state index in [0.29, 0.717) is 28.1 Å². The highest BCUT2D eigenvalue weighted by atomic mass is 16.6. The molecule has 1 aliphatic carbocycles. The van der Waals surface area contributed by atoms with E-state index >= 15 is 0 Å². The third-order valence-corrected chi connectivity index (χ3v) is 4.81. The second kappa shape index (κ2) is 7.03. The number of nitro groups is 1. The maximum atomic E-state index is 12.8. The summed E-state index contributed by atoms with van der Waals surface area (Å²) in [5.74, 6) is -0.0582. The molecule has 2 heterocycles. The van der Waals surface area contributed by atoms with Crippen molar-refractivity contribution in [2.75, 3.05) is 0 Å². The molecule has 1 saturated carbocycles. The molecule has 0 radical (unpaired) electrons. The zero-order valence-corrected chi connectivity index (χ0v) is 15.7. The van der Waals surface area contributed by atoms with Crippen LogP contribution in [0.25, 0.3) is 11.0 Å². The Morgan fingerprint density at radius 1 is 1.32 bits per heavy atom. The first kappa shape index (κ1) is 18.1. The van der Waals surface area contributed by atoms with E-state index in [2.05, 4.69) is 5.10 Å². The average molecular weight is 380 g/mol. The van der Waals surface area contributed by atoms with E-state index in [0.717, 1.165) is 18.5 Å². The normalized spacial score (nSPS) is 13.8. The number of carbonyl (C=O) groups is 1. The van der Waals surface area contributed by atoms with Crippen molar-refractivity contribution < 1.29 is 14.5 Å². The molecule has 0 saturated heterocycles. The third kappa shape index (κ3) is 3.45. The van der Waals surface area contributed by atoms with Gasteiger partial charge in [-0.2, -0.15) is 5.10 Å². The summed E-state index contributed by atoms with van der Waals surface area (Å²) in [5.41, 5.74) is 2.74. The number of aromatic nitrogens is 3. The Bertz CT molecular complexity index is 1050. The molecule has 2 aromatic heterocycles. The Morgan fingerprint density at radius 2 is 2.04 bits per heavy atom. The molecule has 1 aromatic carbocycles. The Kier molecular flexibility index (Phi) is 4.54. The number of rotatable bonds is 6. The van der Waals surface area contributed by atoms with Crippen molar-refractivity contribution in [1.29, 1.82) is 0 Å². The molecule has 4 rings (SSSR count). The SMILES string of the molecule is CC(C)n1ncc2c(C(=O)OCc3ccc([N+](=O)[O-])cc3)cc(C3CC3)nc21. The second-order valence-electron chi connectivity index (χ2n) is 7.29. The van der Waals surface area contributed by atoms with E-state index in [4.69, 9.17) is 9.72 Å². The van der Waals surface area contributed by atoms with E-state index in [9.17, 15) is 14.9 Å². The van der Waals surface area contributed by atoms with Crippen molar-refractivity contribution in [2.45, 2.75) is 45.3 Å². The first-order chi connectivity index (χ1) is 13.4. The molecule has 0 aliphatic heterocycles. The minimum absolute atomic E-state index is 0.00101. The van der Waals surface area contributed by atoms with E-state index in [-0.39, 0.29) is 18.3 Å². The fraction of sp³-hybridized carbons (Fsp3) is 0.350. The molecular formula is C20H20N4O4. The average Bonchev–Trinajstić information content (AvgIpc) is 3.44. The van der Waals surface area contributed by atoms with Gasteiger partial charge in [0.25, 0.3) is 5.69 Å². The highest BCUT2D eigenvalue weighted by Gasteiger charge is 2.28. The largest absolute Gasteiger partial charge is 0.457 e. The number of benzene rings is 1. The molecule has 0 N–H and O–H groups in total. The van der Waals surface area contributed by atoms with Gasteiger partial charge in [-0.05, 0) is 50.5 Å². The van der Waals surface area contributed by atoms with Crippen molar-refractivity contribution in [2.24, 2.45) is 0 Å². The molecule has 0 unspecified atom stereocenters. The van der Waals surface area contributed by atoms with Gasteiger partial charge in [-0.1, -0.05) is 0 Å². The summed E-state index contributed by atoms with van der Waals surface area (Å²) in [6.07, 6.45) is 3.80. The van der Waals surface area contributed by atoms with Crippen molar-refractivity contribution in [3.8, 4) is 0 Å². The van der Waals surface area contributed by atoms with Crippen molar-refractivity contribution in [3.05, 3.63) is 63.5 Å². The summed E-state index contributed by atoms with van der Waals surface area (Å²) in [6, 6.07) is 7.89. The lowest BCUT2D eigenvalue weighted by molar-refractivity contribution is -0.384. The molecule has 1 fully saturated rings. The summed E-state index contributed by atoms with van der Waals surface area (Å²) < 4.78 is 7.29. The number of hydrogen-bond donors (Lipinski definition) is 0. The van der Waals surface area contributed by atoms with Gasteiger partial charge in [-0.25, -0.2) is 14.5 Å². The highest BCUT2D eigenvalue weighted by molar-refractivity contribution is 6.02. The van der Waals surface area contributed by atoms with Gasteiger partial charge in [-0.3, -0.25) is 10.1 Å². The van der Waals surface area contributed by atoms with Crippen LogP contribution in [0.3, 0.4) is 0 Å². The van der Waals surface area contributed by atoms with Crippen LogP contribution < -0.4 is 0 Å². The molecular weight excluding hydrogens is 360 g/mol. The smallest absolute Gasteiger partial charge is 0.339 e. The quantitative estimate of drug-likeness (QED) is 0.362. The number of ether oxygens (including phenoxy) is 1. The summed E-state index contributed by atoms with van der Waals surface area (Å²) in [5, 5.41) is 15.8. The molecule has 3 aromatic rings. The molecule has 1 aliphatic rings. The van der Waals surface area contributed by atoms with Crippen LogP contribution in [0.15, 0.2) is 36.5 Å². The predicted molar refractivity (Wildman–Crippen MR) is 102 cm³/mol. The topological polar surface area (TPSA) is 100 Å². The van der Waals surface area contributed by atoms with Crippen LogP contribution in [-0.2, 0) is 11.3 Å². The summed E-state index contributed by atoms with van der Waals surface area (Å²) >= 11 is 0. The van der Waals surface area contributed by atoms with Crippen molar-refractivity contribution in [3.63, 3.8) is 0 Å². The minimum atomic E-state index is -0.463. The number of esters is 1. The lowest BCUT2D eigenvalue weighted by Crippen LogP contribution is -2.09. The Labute approximate surface area is 161 Å². The zero-order valence-electron chi connectivity index (χ0n) is 15.7. The van der Waals surface area contributed by atoms with Crippen molar-refractivity contribution in [1.82, 2.24) is 14.8 Å². The highest BCUT2D eigenvalue weighted by Crippen LogP contribution is 2.40. The predicted octanol–water partition coefficient (Wildman–Crippen LogP) is 4.15. The summed E-state index contributed by atoms with van der Waals surface area (Å²) in [6.45, 7) is 4.08. The van der Waals surface area contributed by atoms with Gasteiger partial charge < -0.3 is 4.74 Å². The number of carbonyl (C=O) groups excluding carboxylic acids is 1. The van der Waals surface area contributed by atoms with Crippen LogP contribution in [-0.4, -0.2) is 25.7 Å². The van der Waals surface area contributed by atoms with Gasteiger partial charge in [0.05, 0.1) is 22.1 Å². The molecule has 144 valence electrons. The van der Waals surface area contributed by atoms with E-state index in [1.54, 1.807) is 18.3 Å². The first-order valence-electron chi connectivity index (χ1n) is 9.22. The molecule has 0 atom stereocenters. The number of non-ortho nitro benzene ring substituents is 1. The zero-order chi connectivity index (χ0) is 19.8. The molecule has 0 bridgehead atoms. The van der Waals surface area contributed by atoms with Crippen LogP contribution in [0.5, 0.6) is 0 Å². The third-order valence-electron chi connectivity index (χ3n) is 4.81. The second-order valence-corrected chi connectivity index (χ2v) is 7.29. The van der Waals surface area contributed by atoms with Crippen LogP contribution in [0, 0.1) is 10.1 Å². The number of pyridine rings is 1. The Balaban J connectivity index is 1.60. The number of nitrogens with zero attached hydrogens (tertiary/aromatic N) is 4. The van der Waals surface area contributed by atoms with Crippen LogP contribution in [0.2, 0.25) is 0 Å². The van der Waals surface area contributed by atoms with Gasteiger partial charge in [-0.15, -0.1) is 0 Å². The van der Waals surface area contributed by atoms with E-state index in [1.165, 1.54) is 12.1 Å². The molecule has 8 nitrogen and oxygen atoms in total. The first-order valence-corrected chi connectivity index (χ1v) is 9.22. The fourth-order valence-corrected chi connectivity index (χ4v) is 3.11. The van der Waals surface area contributed by atoms with Crippen LogP contribution in [0.1, 0.15) is 60.3 Å². The van der Waals surface area contributed by atoms with Gasteiger partial charge in [0.1, 0.15) is 6.61 Å². The maximum Gasteiger partial charge on any atom is 0.339 e. The van der Waals surface area contributed by atoms with Crippen LogP contribution in [0.4, 0.5) is 5.69 Å². The molecule has 0 amide bonds. The maximum absolute atomic E-state index is 12.8. The molecule has 8 heteroatoms. The number of fused-ring (bicyclic) bond motifs is 1. The summed E-state index contributed by atoms with van der Waals surface area (Å²) in [4.78, 5) is 27.8. The standard InChI is InChI=1S/C20H20N4O4/c1-12(2)23-19-17(10-21-23)16(9-18(22-19)14-5-6-14)20(25)28-11-13-3-7-15(8-4-13)24(26)27/h3-4,7-10,12,14H,5-6,11H2,1-2H3. The van der Waals surface area contributed by atoms with Gasteiger partial charge in [0, 0.05) is 29.8 Å². The van der Waals surface area contributed by atoms with E-state index < -0.39 is 10.9 Å². The van der Waals surface area contributed by atoms with Crippen molar-refractivity contribution >= 4 is 22.7 Å². The van der Waals surface area contributed by atoms with Gasteiger partial charge in [0.15, 0.2) is 5.65 Å². The Hall–Kier alpha value is -3.29. The molecule has 0 spiro atoms. The number of hydrogen-bond acceptors (Lipinski definition) is 6.